The van der Waals surface area contributed by atoms with Crippen molar-refractivity contribution in [2.45, 2.75) is 6.18 Å². The molecule has 27 heavy (non-hydrogen) atoms. The van der Waals surface area contributed by atoms with Crippen LogP contribution in [0, 0.1) is 0 Å². The highest BCUT2D eigenvalue weighted by atomic mass is 32.1. The summed E-state index contributed by atoms with van der Waals surface area (Å²) >= 11 is 5.02. The highest BCUT2D eigenvalue weighted by molar-refractivity contribution is 7.80. The third-order valence-electron chi connectivity index (χ3n) is 3.60. The first-order valence-electron chi connectivity index (χ1n) is 7.99. The van der Waals surface area contributed by atoms with Gasteiger partial charge < -0.3 is 15.3 Å². The zero-order chi connectivity index (χ0) is 19.9. The number of alkyl halides is 3. The molecule has 0 bridgehead atoms. The van der Waals surface area contributed by atoms with E-state index in [-0.39, 0.29) is 17.4 Å². The van der Waals surface area contributed by atoms with Crippen molar-refractivity contribution in [1.82, 2.24) is 5.43 Å². The number of hydrazone groups is 1. The molecule has 0 radical (unpaired) electrons. The van der Waals surface area contributed by atoms with Gasteiger partial charge >= 0.3 is 6.18 Å². The molecule has 2 aromatic rings. The monoisotopic (exact) mass is 396 g/mol. The topological polar surface area (TPSA) is 59.9 Å². The largest absolute Gasteiger partial charge is 0.416 e. The molecule has 0 aromatic heterocycles. The Hall–Kier alpha value is -2.65. The van der Waals surface area contributed by atoms with E-state index in [1.54, 1.807) is 0 Å². The van der Waals surface area contributed by atoms with Gasteiger partial charge in [-0.25, -0.2) is 0 Å². The highest BCUT2D eigenvalue weighted by Gasteiger charge is 2.30. The Bertz CT molecular complexity index is 794. The van der Waals surface area contributed by atoms with E-state index in [0.29, 0.717) is 6.54 Å². The number of hydrogen-bond donors (Lipinski definition) is 3. The maximum atomic E-state index is 12.7. The first-order valence-corrected chi connectivity index (χ1v) is 8.40. The summed E-state index contributed by atoms with van der Waals surface area (Å²) in [6.07, 6.45) is -2.88. The number of nitrogens with one attached hydrogen (secondary N) is 2. The molecular formula is C18H19F3N4OS. The van der Waals surface area contributed by atoms with Crippen molar-refractivity contribution in [1.29, 1.82) is 0 Å². The number of likely N-dealkylation sites (N-methyl/N-ethyl adjacent to an activating group) is 1. The predicted octanol–water partition coefficient (Wildman–Crippen LogP) is 3.45. The van der Waals surface area contributed by atoms with E-state index in [4.69, 9.17) is 17.3 Å². The number of benzene rings is 2. The van der Waals surface area contributed by atoms with Crippen LogP contribution in [0.3, 0.4) is 0 Å². The lowest BCUT2D eigenvalue weighted by Gasteiger charge is -2.17. The van der Waals surface area contributed by atoms with Crippen molar-refractivity contribution >= 4 is 34.9 Å². The summed E-state index contributed by atoms with van der Waals surface area (Å²) in [4.78, 5) is 1.91. The van der Waals surface area contributed by atoms with Gasteiger partial charge in [0.05, 0.1) is 18.4 Å². The molecule has 144 valence electrons. The van der Waals surface area contributed by atoms with Crippen LogP contribution in [0.15, 0.2) is 53.6 Å². The zero-order valence-corrected chi connectivity index (χ0v) is 15.3. The molecule has 0 saturated carbocycles. The molecule has 9 heteroatoms. The van der Waals surface area contributed by atoms with E-state index >= 15 is 0 Å². The van der Waals surface area contributed by atoms with Crippen molar-refractivity contribution in [2.75, 3.05) is 30.4 Å². The number of hydrogen-bond acceptors (Lipinski definition) is 4. The van der Waals surface area contributed by atoms with Gasteiger partial charge in [0.1, 0.15) is 0 Å². The molecule has 3 N–H and O–H groups in total. The van der Waals surface area contributed by atoms with Crippen molar-refractivity contribution in [2.24, 2.45) is 5.10 Å². The highest BCUT2D eigenvalue weighted by Crippen LogP contribution is 2.30. The number of thiocarbonyl (C=S) groups is 1. The number of halogens is 3. The van der Waals surface area contributed by atoms with E-state index in [0.717, 1.165) is 23.4 Å². The minimum atomic E-state index is -4.41. The fourth-order valence-electron chi connectivity index (χ4n) is 2.19. The molecule has 0 spiro atoms. The van der Waals surface area contributed by atoms with Crippen LogP contribution < -0.4 is 15.6 Å². The summed E-state index contributed by atoms with van der Waals surface area (Å²) in [5, 5.41) is 15.6. The molecule has 0 aliphatic rings. The molecule has 0 heterocycles. The van der Waals surface area contributed by atoms with Gasteiger partial charge in [-0.1, -0.05) is 18.2 Å². The second-order valence-corrected chi connectivity index (χ2v) is 6.05. The van der Waals surface area contributed by atoms with Crippen molar-refractivity contribution in [3.63, 3.8) is 0 Å². The second-order valence-electron chi connectivity index (χ2n) is 5.64. The Morgan fingerprint density at radius 1 is 1.22 bits per heavy atom. The van der Waals surface area contributed by atoms with E-state index in [9.17, 15) is 13.2 Å². The van der Waals surface area contributed by atoms with E-state index in [1.165, 1.54) is 18.3 Å². The first kappa shape index (κ1) is 20.7. The summed E-state index contributed by atoms with van der Waals surface area (Å²) in [7, 11) is 1.87. The molecular weight excluding hydrogens is 377 g/mol. The standard InChI is InChI=1S/C18H19F3N4OS/c1-25(9-10-26)16-7-5-13(6-8-16)12-22-24-17(27)23-15-4-2-3-14(11-15)18(19,20)21/h2-8,11-12,26H,9-10H2,1H3,(H2,23,24,27). The van der Waals surface area contributed by atoms with Crippen LogP contribution in [0.4, 0.5) is 24.5 Å². The fourth-order valence-corrected chi connectivity index (χ4v) is 2.36. The number of nitrogens with zero attached hydrogens (tertiary/aromatic N) is 2. The molecule has 0 amide bonds. The van der Waals surface area contributed by atoms with Crippen molar-refractivity contribution < 1.29 is 18.3 Å². The Morgan fingerprint density at radius 2 is 1.93 bits per heavy atom. The maximum absolute atomic E-state index is 12.7. The van der Waals surface area contributed by atoms with Crippen molar-refractivity contribution in [3.05, 3.63) is 59.7 Å². The van der Waals surface area contributed by atoms with Gasteiger partial charge in [-0.15, -0.1) is 0 Å². The van der Waals surface area contributed by atoms with Crippen LogP contribution in [0.5, 0.6) is 0 Å². The molecule has 0 saturated heterocycles. The number of aliphatic hydroxyl groups excluding tert-OH is 1. The summed E-state index contributed by atoms with van der Waals surface area (Å²) in [6, 6.07) is 12.2. The summed E-state index contributed by atoms with van der Waals surface area (Å²) < 4.78 is 38.1. The Labute approximate surface area is 160 Å². The minimum Gasteiger partial charge on any atom is -0.395 e. The molecule has 0 fully saturated rings. The molecule has 0 aliphatic heterocycles. The van der Waals surface area contributed by atoms with Crippen LogP contribution in [0.25, 0.3) is 0 Å². The number of rotatable bonds is 6. The minimum absolute atomic E-state index is 0.0694. The number of anilines is 2. The molecule has 0 aliphatic carbocycles. The molecule has 2 aromatic carbocycles. The van der Waals surface area contributed by atoms with E-state index < -0.39 is 11.7 Å². The van der Waals surface area contributed by atoms with Crippen LogP contribution in [0.2, 0.25) is 0 Å². The molecule has 0 unspecified atom stereocenters. The second kappa shape index (κ2) is 9.33. The Kier molecular flexibility index (Phi) is 7.14. The maximum Gasteiger partial charge on any atom is 0.416 e. The normalized spacial score (nSPS) is 11.4. The lowest BCUT2D eigenvalue weighted by atomic mass is 10.2. The quantitative estimate of drug-likeness (QED) is 0.397. The SMILES string of the molecule is CN(CCO)c1ccc(C=NNC(=S)Nc2cccc(C(F)(F)F)c2)cc1. The van der Waals surface area contributed by atoms with E-state index in [1.807, 2.05) is 36.2 Å². The van der Waals surface area contributed by atoms with Crippen LogP contribution in [0.1, 0.15) is 11.1 Å². The first-order chi connectivity index (χ1) is 12.8. The lowest BCUT2D eigenvalue weighted by Crippen LogP contribution is -2.24. The molecule has 2 rings (SSSR count). The molecule has 0 atom stereocenters. The third-order valence-corrected chi connectivity index (χ3v) is 3.79. The van der Waals surface area contributed by atoms with Gasteiger partial charge in [-0.3, -0.25) is 5.43 Å². The van der Waals surface area contributed by atoms with Gasteiger partial charge in [0.2, 0.25) is 0 Å². The zero-order valence-electron chi connectivity index (χ0n) is 14.5. The summed E-state index contributed by atoms with van der Waals surface area (Å²) in [6.45, 7) is 0.602. The summed E-state index contributed by atoms with van der Waals surface area (Å²) in [5.41, 5.74) is 3.78. The molecule has 5 nitrogen and oxygen atoms in total. The number of aliphatic hydroxyl groups is 1. The summed E-state index contributed by atoms with van der Waals surface area (Å²) in [5.74, 6) is 0. The van der Waals surface area contributed by atoms with Crippen LogP contribution in [-0.2, 0) is 6.18 Å². The fraction of sp³-hybridized carbons (Fsp3) is 0.222. The van der Waals surface area contributed by atoms with E-state index in [2.05, 4.69) is 15.8 Å². The Balaban J connectivity index is 1.90. The van der Waals surface area contributed by atoms with Crippen LogP contribution in [-0.4, -0.2) is 36.6 Å². The van der Waals surface area contributed by atoms with Gasteiger partial charge in [-0.05, 0) is 48.1 Å². The average molecular weight is 396 g/mol. The van der Waals surface area contributed by atoms with Gasteiger partial charge in [0.15, 0.2) is 5.11 Å². The van der Waals surface area contributed by atoms with Gasteiger partial charge in [0.25, 0.3) is 0 Å². The van der Waals surface area contributed by atoms with Crippen molar-refractivity contribution in [3.8, 4) is 0 Å². The lowest BCUT2D eigenvalue weighted by molar-refractivity contribution is -0.137. The Morgan fingerprint density at radius 3 is 2.56 bits per heavy atom. The predicted molar refractivity (Wildman–Crippen MR) is 105 cm³/mol. The van der Waals surface area contributed by atoms with Crippen LogP contribution >= 0.6 is 12.2 Å². The van der Waals surface area contributed by atoms with Gasteiger partial charge in [-0.2, -0.15) is 18.3 Å². The van der Waals surface area contributed by atoms with Gasteiger partial charge in [0, 0.05) is 25.0 Å². The average Bonchev–Trinajstić information content (AvgIpc) is 2.62. The smallest absolute Gasteiger partial charge is 0.395 e. The third kappa shape index (κ3) is 6.54.